The number of nitrogens with zero attached hydrogens (tertiary/aromatic N) is 8. The second-order valence-corrected chi connectivity index (χ2v) is 10.9. The molecule has 2 N–H and O–H groups in total. The van der Waals surface area contributed by atoms with Crippen molar-refractivity contribution in [3.63, 3.8) is 0 Å². The van der Waals surface area contributed by atoms with E-state index in [1.807, 2.05) is 13.0 Å². The van der Waals surface area contributed by atoms with Gasteiger partial charge in [0.05, 0.1) is 29.7 Å². The lowest BCUT2D eigenvalue weighted by Crippen LogP contribution is -2.33. The topological polar surface area (TPSA) is 161 Å². The summed E-state index contributed by atoms with van der Waals surface area (Å²) in [5.41, 5.74) is 2.17. The maximum atomic E-state index is 13.0. The SMILES string of the molecule is Cc1nc2cnc(Nc3ccnc(-c4cnn(S(=O)(=O)C5CCN(C(=O)O)C5)c4)n3)cc2n1C(C)C. The molecule has 5 heterocycles. The highest BCUT2D eigenvalue weighted by Crippen LogP contribution is 2.25. The molecule has 188 valence electrons. The summed E-state index contributed by atoms with van der Waals surface area (Å²) in [7, 11) is -3.87. The highest BCUT2D eigenvalue weighted by molar-refractivity contribution is 7.90. The van der Waals surface area contributed by atoms with Crippen molar-refractivity contribution in [2.45, 2.75) is 38.5 Å². The molecule has 13 nitrogen and oxygen atoms in total. The molecule has 5 rings (SSSR count). The van der Waals surface area contributed by atoms with Gasteiger partial charge in [-0.05, 0) is 33.3 Å². The average molecular weight is 512 g/mol. The van der Waals surface area contributed by atoms with Crippen LogP contribution in [0.2, 0.25) is 0 Å². The normalized spacial score (nSPS) is 16.2. The number of anilines is 2. The van der Waals surface area contributed by atoms with Crippen LogP contribution in [0, 0.1) is 6.92 Å². The van der Waals surface area contributed by atoms with Gasteiger partial charge in [0.2, 0.25) is 0 Å². The van der Waals surface area contributed by atoms with Gasteiger partial charge >= 0.3 is 6.09 Å². The third kappa shape index (κ3) is 4.23. The van der Waals surface area contributed by atoms with E-state index in [0.717, 1.165) is 25.8 Å². The molecule has 1 unspecified atom stereocenters. The Morgan fingerprint density at radius 1 is 1.19 bits per heavy atom. The van der Waals surface area contributed by atoms with Gasteiger partial charge in [-0.15, -0.1) is 0 Å². The minimum atomic E-state index is -3.87. The summed E-state index contributed by atoms with van der Waals surface area (Å²) in [4.78, 5) is 30.0. The van der Waals surface area contributed by atoms with Gasteiger partial charge in [0.25, 0.3) is 10.0 Å². The van der Waals surface area contributed by atoms with Crippen LogP contribution in [-0.2, 0) is 10.0 Å². The largest absolute Gasteiger partial charge is 0.465 e. The van der Waals surface area contributed by atoms with Crippen LogP contribution >= 0.6 is 0 Å². The van der Waals surface area contributed by atoms with Crippen LogP contribution < -0.4 is 5.32 Å². The van der Waals surface area contributed by atoms with E-state index in [-0.39, 0.29) is 31.4 Å². The summed E-state index contributed by atoms with van der Waals surface area (Å²) in [6, 6.07) is 3.82. The molecule has 1 fully saturated rings. The molecule has 0 bridgehead atoms. The molecule has 0 spiro atoms. The van der Waals surface area contributed by atoms with Crippen LogP contribution in [0.15, 0.2) is 36.9 Å². The minimum Gasteiger partial charge on any atom is -0.465 e. The van der Waals surface area contributed by atoms with Gasteiger partial charge in [0.15, 0.2) is 5.82 Å². The van der Waals surface area contributed by atoms with Gasteiger partial charge in [-0.3, -0.25) is 0 Å². The quantitative estimate of drug-likeness (QED) is 0.394. The van der Waals surface area contributed by atoms with Crippen molar-refractivity contribution in [2.75, 3.05) is 18.4 Å². The second-order valence-electron chi connectivity index (χ2n) is 8.86. The zero-order valence-electron chi connectivity index (χ0n) is 19.9. The molecule has 36 heavy (non-hydrogen) atoms. The third-order valence-corrected chi connectivity index (χ3v) is 8.04. The van der Waals surface area contributed by atoms with E-state index in [1.54, 1.807) is 18.5 Å². The second kappa shape index (κ2) is 8.86. The van der Waals surface area contributed by atoms with Crippen molar-refractivity contribution in [3.8, 4) is 11.4 Å². The summed E-state index contributed by atoms with van der Waals surface area (Å²) in [5.74, 6) is 2.24. The number of amides is 1. The van der Waals surface area contributed by atoms with E-state index in [4.69, 9.17) is 5.11 Å². The Kier molecular flexibility index (Phi) is 5.82. The first-order chi connectivity index (χ1) is 17.1. The molecule has 1 atom stereocenters. The fraction of sp³-hybridized carbons (Fsp3) is 0.364. The number of rotatable bonds is 6. The number of fused-ring (bicyclic) bond motifs is 1. The van der Waals surface area contributed by atoms with Crippen molar-refractivity contribution in [1.29, 1.82) is 0 Å². The molecule has 0 aliphatic carbocycles. The number of hydrogen-bond donors (Lipinski definition) is 2. The smallest absolute Gasteiger partial charge is 0.407 e. The predicted molar refractivity (Wildman–Crippen MR) is 132 cm³/mol. The lowest BCUT2D eigenvalue weighted by Gasteiger charge is -2.12. The first-order valence-corrected chi connectivity index (χ1v) is 12.9. The maximum absolute atomic E-state index is 13.0. The van der Waals surface area contributed by atoms with Crippen LogP contribution in [0.3, 0.4) is 0 Å². The summed E-state index contributed by atoms with van der Waals surface area (Å²) in [6.07, 6.45) is 5.05. The van der Waals surface area contributed by atoms with Gasteiger partial charge in [0, 0.05) is 31.4 Å². The first kappa shape index (κ1) is 23.7. The molecular formula is C22H25N9O4S. The fourth-order valence-corrected chi connectivity index (χ4v) is 5.91. The summed E-state index contributed by atoms with van der Waals surface area (Å²) < 4.78 is 28.9. The number of imidazole rings is 1. The molecule has 0 aromatic carbocycles. The fourth-order valence-electron chi connectivity index (χ4n) is 4.40. The van der Waals surface area contributed by atoms with E-state index in [1.165, 1.54) is 12.4 Å². The Balaban J connectivity index is 1.38. The van der Waals surface area contributed by atoms with E-state index in [0.29, 0.717) is 17.2 Å². The lowest BCUT2D eigenvalue weighted by atomic mass is 10.3. The Hall–Kier alpha value is -4.07. The van der Waals surface area contributed by atoms with Gasteiger partial charge in [-0.1, -0.05) is 0 Å². The van der Waals surface area contributed by atoms with Gasteiger partial charge < -0.3 is 19.9 Å². The Bertz CT molecular complexity index is 1560. The molecule has 1 saturated heterocycles. The lowest BCUT2D eigenvalue weighted by molar-refractivity contribution is 0.156. The monoisotopic (exact) mass is 511 g/mol. The maximum Gasteiger partial charge on any atom is 0.407 e. The van der Waals surface area contributed by atoms with Crippen molar-refractivity contribution in [1.82, 2.24) is 38.6 Å². The molecule has 1 aliphatic heterocycles. The molecular weight excluding hydrogens is 486 g/mol. The Morgan fingerprint density at radius 3 is 2.72 bits per heavy atom. The third-order valence-electron chi connectivity index (χ3n) is 6.10. The number of pyridine rings is 1. The first-order valence-electron chi connectivity index (χ1n) is 11.4. The molecule has 1 aliphatic rings. The summed E-state index contributed by atoms with van der Waals surface area (Å²) >= 11 is 0. The highest BCUT2D eigenvalue weighted by Gasteiger charge is 2.37. The van der Waals surface area contributed by atoms with Crippen LogP contribution in [0.25, 0.3) is 22.4 Å². The van der Waals surface area contributed by atoms with Gasteiger partial charge in [0.1, 0.15) is 28.2 Å². The highest BCUT2D eigenvalue weighted by atomic mass is 32.2. The number of aromatic nitrogens is 7. The van der Waals surface area contributed by atoms with Crippen LogP contribution in [0.1, 0.15) is 32.1 Å². The zero-order valence-corrected chi connectivity index (χ0v) is 20.7. The molecule has 4 aromatic rings. The van der Waals surface area contributed by atoms with Gasteiger partial charge in [-0.2, -0.15) is 9.19 Å². The van der Waals surface area contributed by atoms with Crippen molar-refractivity contribution >= 4 is 38.8 Å². The molecule has 1 amide bonds. The molecule has 4 aromatic heterocycles. The average Bonchev–Trinajstić information content (AvgIpc) is 3.57. The van der Waals surface area contributed by atoms with Crippen molar-refractivity contribution in [3.05, 3.63) is 42.7 Å². The van der Waals surface area contributed by atoms with Crippen LogP contribution in [0.5, 0.6) is 0 Å². The van der Waals surface area contributed by atoms with E-state index in [9.17, 15) is 13.2 Å². The number of likely N-dealkylation sites (tertiary alicyclic amines) is 1. The predicted octanol–water partition coefficient (Wildman–Crippen LogP) is 2.65. The van der Waals surface area contributed by atoms with Crippen molar-refractivity contribution in [2.24, 2.45) is 0 Å². The number of hydrogen-bond acceptors (Lipinski definition) is 9. The van der Waals surface area contributed by atoms with E-state index >= 15 is 0 Å². The Morgan fingerprint density at radius 2 is 2.00 bits per heavy atom. The Labute approximate surface area is 206 Å². The zero-order chi connectivity index (χ0) is 25.6. The summed E-state index contributed by atoms with van der Waals surface area (Å²) in [6.45, 7) is 6.22. The van der Waals surface area contributed by atoms with Crippen molar-refractivity contribution < 1.29 is 18.3 Å². The summed E-state index contributed by atoms with van der Waals surface area (Å²) in [5, 5.41) is 15.4. The number of carboxylic acid groups (broad SMARTS) is 1. The number of aryl methyl sites for hydroxylation is 1. The van der Waals surface area contributed by atoms with Crippen LogP contribution in [-0.4, -0.2) is 76.5 Å². The molecule has 14 heteroatoms. The van der Waals surface area contributed by atoms with E-state index in [2.05, 4.69) is 48.8 Å². The number of carbonyl (C=O) groups is 1. The minimum absolute atomic E-state index is 0.0880. The molecule has 0 radical (unpaired) electrons. The molecule has 0 saturated carbocycles. The van der Waals surface area contributed by atoms with Crippen LogP contribution in [0.4, 0.5) is 16.4 Å². The van der Waals surface area contributed by atoms with Gasteiger partial charge in [-0.25, -0.2) is 33.1 Å². The standard InChI is InChI=1S/C22H25N9O4S/c1-13(2)31-14(3)26-17-10-24-20(8-18(17)31)27-19-4-6-23-21(28-19)15-9-25-30(11-15)36(34,35)16-5-7-29(12-16)22(32)33/h4,6,8-11,13,16H,5,7,12H2,1-3H3,(H,32,33)(H,23,24,27,28). The number of nitrogens with one attached hydrogen (secondary N) is 1. The van der Waals surface area contributed by atoms with E-state index < -0.39 is 21.4 Å².